The van der Waals surface area contributed by atoms with E-state index >= 15 is 0 Å². The van der Waals surface area contributed by atoms with E-state index in [4.69, 9.17) is 4.74 Å². The van der Waals surface area contributed by atoms with Gasteiger partial charge in [-0.15, -0.1) is 11.3 Å². The number of hydrogen-bond donors (Lipinski definition) is 0. The molecule has 1 aromatic carbocycles. The van der Waals surface area contributed by atoms with E-state index in [2.05, 4.69) is 19.9 Å². The average Bonchev–Trinajstić information content (AvgIpc) is 3.25. The molecule has 3 heterocycles. The smallest absolute Gasteiger partial charge is 0.254 e. The van der Waals surface area contributed by atoms with Crippen molar-refractivity contribution >= 4 is 23.1 Å². The third-order valence-electron chi connectivity index (χ3n) is 4.79. The summed E-state index contributed by atoms with van der Waals surface area (Å²) in [5, 5.41) is 1.95. The Morgan fingerprint density at radius 2 is 1.97 bits per heavy atom. The second kappa shape index (κ2) is 8.57. The lowest BCUT2D eigenvalue weighted by Crippen LogP contribution is -2.49. The number of anilines is 1. The fourth-order valence-corrected chi connectivity index (χ4v) is 3.91. The normalized spacial score (nSPS) is 14.1. The zero-order valence-corrected chi connectivity index (χ0v) is 17.4. The molecule has 2 aromatic heterocycles. The van der Waals surface area contributed by atoms with Crippen molar-refractivity contribution in [3.63, 3.8) is 0 Å². The molecule has 1 fully saturated rings. The Morgan fingerprint density at radius 3 is 2.69 bits per heavy atom. The molecule has 0 N–H and O–H groups in total. The van der Waals surface area contributed by atoms with Crippen molar-refractivity contribution < 1.29 is 9.53 Å². The molecule has 1 aliphatic rings. The van der Waals surface area contributed by atoms with Crippen LogP contribution in [0.4, 0.5) is 5.82 Å². The van der Waals surface area contributed by atoms with Crippen LogP contribution in [0.2, 0.25) is 0 Å². The largest absolute Gasteiger partial charge is 0.487 e. The van der Waals surface area contributed by atoms with Crippen molar-refractivity contribution in [3.8, 4) is 5.75 Å². The van der Waals surface area contributed by atoms with Crippen LogP contribution < -0.4 is 9.64 Å². The molecule has 0 saturated carbocycles. The fraction of sp³-hybridized carbons (Fsp3) is 0.333. The van der Waals surface area contributed by atoms with E-state index in [0.717, 1.165) is 36.1 Å². The molecule has 4 rings (SSSR count). The predicted octanol–water partition coefficient (Wildman–Crippen LogP) is 3.09. The maximum Gasteiger partial charge on any atom is 0.254 e. The van der Waals surface area contributed by atoms with Gasteiger partial charge in [-0.2, -0.15) is 0 Å². The van der Waals surface area contributed by atoms with Crippen LogP contribution in [0.25, 0.3) is 0 Å². The highest BCUT2D eigenvalue weighted by atomic mass is 32.1. The number of hydrogen-bond acceptors (Lipinski definition) is 7. The van der Waals surface area contributed by atoms with Crippen molar-refractivity contribution in [2.24, 2.45) is 0 Å². The third kappa shape index (κ3) is 4.71. The van der Waals surface area contributed by atoms with E-state index in [-0.39, 0.29) is 5.91 Å². The van der Waals surface area contributed by atoms with E-state index in [1.54, 1.807) is 11.6 Å². The number of aryl methyl sites for hydroxylation is 2. The first-order valence-corrected chi connectivity index (χ1v) is 10.5. The quantitative estimate of drug-likeness (QED) is 0.645. The van der Waals surface area contributed by atoms with E-state index in [0.29, 0.717) is 31.0 Å². The summed E-state index contributed by atoms with van der Waals surface area (Å²) in [5.41, 5.74) is 4.27. The second-order valence-corrected chi connectivity index (χ2v) is 7.71. The van der Waals surface area contributed by atoms with Gasteiger partial charge in [0.15, 0.2) is 0 Å². The highest BCUT2D eigenvalue weighted by Gasteiger charge is 2.23. The van der Waals surface area contributed by atoms with Crippen LogP contribution in [0.15, 0.2) is 41.2 Å². The molecule has 3 aromatic rings. The predicted molar refractivity (Wildman–Crippen MR) is 113 cm³/mol. The minimum absolute atomic E-state index is 0.0267. The van der Waals surface area contributed by atoms with Crippen LogP contribution >= 0.6 is 11.3 Å². The van der Waals surface area contributed by atoms with Crippen LogP contribution in [0.5, 0.6) is 5.75 Å². The maximum absolute atomic E-state index is 13.0. The third-order valence-corrected chi connectivity index (χ3v) is 5.43. The molecule has 150 valence electrons. The van der Waals surface area contributed by atoms with Crippen molar-refractivity contribution in [3.05, 3.63) is 64.0 Å². The molecule has 1 amide bonds. The van der Waals surface area contributed by atoms with Gasteiger partial charge >= 0.3 is 0 Å². The molecule has 0 atom stereocenters. The lowest BCUT2D eigenvalue weighted by Gasteiger charge is -2.35. The molecule has 0 aliphatic carbocycles. The highest BCUT2D eigenvalue weighted by Crippen LogP contribution is 2.19. The first kappa shape index (κ1) is 19.3. The monoisotopic (exact) mass is 409 g/mol. The molecule has 29 heavy (non-hydrogen) atoms. The Hall–Kier alpha value is -3.00. The zero-order valence-electron chi connectivity index (χ0n) is 16.5. The number of carbonyl (C=O) groups excluding carboxylic acids is 1. The summed E-state index contributed by atoms with van der Waals surface area (Å²) >= 11 is 1.54. The van der Waals surface area contributed by atoms with Crippen LogP contribution in [-0.2, 0) is 6.61 Å². The van der Waals surface area contributed by atoms with Gasteiger partial charge in [0, 0.05) is 48.9 Å². The van der Waals surface area contributed by atoms with Crippen LogP contribution in [0.3, 0.4) is 0 Å². The maximum atomic E-state index is 13.0. The van der Waals surface area contributed by atoms with Crippen molar-refractivity contribution in [1.29, 1.82) is 0 Å². The molecule has 0 bridgehead atoms. The molecular weight excluding hydrogens is 386 g/mol. The number of benzene rings is 1. The Kier molecular flexibility index (Phi) is 5.71. The summed E-state index contributed by atoms with van der Waals surface area (Å²) in [4.78, 5) is 30.1. The molecule has 0 spiro atoms. The van der Waals surface area contributed by atoms with Gasteiger partial charge in [-0.1, -0.05) is 6.07 Å². The van der Waals surface area contributed by atoms with Crippen LogP contribution in [0, 0.1) is 13.8 Å². The lowest BCUT2D eigenvalue weighted by atomic mass is 10.1. The Labute approximate surface area is 174 Å². The molecule has 8 heteroatoms. The molecule has 1 aliphatic heterocycles. The van der Waals surface area contributed by atoms with Crippen LogP contribution in [0.1, 0.15) is 27.6 Å². The van der Waals surface area contributed by atoms with E-state index in [9.17, 15) is 4.79 Å². The zero-order chi connectivity index (χ0) is 20.2. The second-order valence-electron chi connectivity index (χ2n) is 6.99. The first-order valence-electron chi connectivity index (χ1n) is 9.55. The number of piperazine rings is 1. The Bertz CT molecular complexity index is 964. The van der Waals surface area contributed by atoms with Gasteiger partial charge in [0.1, 0.15) is 24.0 Å². The van der Waals surface area contributed by atoms with Gasteiger partial charge in [0.2, 0.25) is 0 Å². The number of carbonyl (C=O) groups is 1. The first-order chi connectivity index (χ1) is 14.1. The summed E-state index contributed by atoms with van der Waals surface area (Å²) in [5.74, 6) is 2.40. The van der Waals surface area contributed by atoms with Gasteiger partial charge in [0.25, 0.3) is 5.91 Å². The number of thiazole rings is 1. The Balaban J connectivity index is 1.37. The van der Waals surface area contributed by atoms with E-state index < -0.39 is 0 Å². The van der Waals surface area contributed by atoms with Crippen LogP contribution in [-0.4, -0.2) is 51.9 Å². The summed E-state index contributed by atoms with van der Waals surface area (Å²) in [7, 11) is 0. The number of rotatable bonds is 5. The summed E-state index contributed by atoms with van der Waals surface area (Å²) in [6.07, 6.45) is 0. The van der Waals surface area contributed by atoms with Gasteiger partial charge in [-0.05, 0) is 32.0 Å². The molecule has 0 unspecified atom stereocenters. The topological polar surface area (TPSA) is 71.5 Å². The van der Waals surface area contributed by atoms with Gasteiger partial charge < -0.3 is 14.5 Å². The van der Waals surface area contributed by atoms with Crippen molar-refractivity contribution in [2.45, 2.75) is 20.5 Å². The molecule has 0 radical (unpaired) electrons. The van der Waals surface area contributed by atoms with Crippen molar-refractivity contribution in [1.82, 2.24) is 19.9 Å². The fourth-order valence-electron chi connectivity index (χ4n) is 3.37. The molecule has 1 saturated heterocycles. The Morgan fingerprint density at radius 1 is 1.14 bits per heavy atom. The highest BCUT2D eigenvalue weighted by molar-refractivity contribution is 7.07. The minimum atomic E-state index is 0.0267. The lowest BCUT2D eigenvalue weighted by molar-refractivity contribution is 0.0746. The number of nitrogens with zero attached hydrogens (tertiary/aromatic N) is 5. The number of amides is 1. The number of ether oxygens (including phenoxy) is 1. The summed E-state index contributed by atoms with van der Waals surface area (Å²) in [6, 6.07) is 9.35. The van der Waals surface area contributed by atoms with E-state index in [1.807, 2.05) is 48.4 Å². The minimum Gasteiger partial charge on any atom is -0.487 e. The average molecular weight is 410 g/mol. The summed E-state index contributed by atoms with van der Waals surface area (Å²) in [6.45, 7) is 7.10. The standard InChI is InChI=1S/C21H23N5O2S/c1-15-10-20(24-16(2)23-15)25-6-8-26(9-7-25)21(27)17-4-3-5-19(11-17)28-12-18-13-29-14-22-18/h3-5,10-11,13-14H,6-9,12H2,1-2H3. The molecule has 7 nitrogen and oxygen atoms in total. The number of aromatic nitrogens is 3. The van der Waals surface area contributed by atoms with E-state index in [1.165, 1.54) is 11.3 Å². The summed E-state index contributed by atoms with van der Waals surface area (Å²) < 4.78 is 5.78. The molecular formula is C21H23N5O2S. The van der Waals surface area contributed by atoms with Crippen molar-refractivity contribution in [2.75, 3.05) is 31.1 Å². The van der Waals surface area contributed by atoms with Gasteiger partial charge in [0.05, 0.1) is 11.2 Å². The SMILES string of the molecule is Cc1cc(N2CCN(C(=O)c3cccc(OCc4cscn4)c3)CC2)nc(C)n1. The van der Waals surface area contributed by atoms with Gasteiger partial charge in [-0.25, -0.2) is 15.0 Å². The van der Waals surface area contributed by atoms with Gasteiger partial charge in [-0.3, -0.25) is 4.79 Å².